The Morgan fingerprint density at radius 3 is 2.60 bits per heavy atom. The number of nitrogens with zero attached hydrogens (tertiary/aromatic N) is 2. The lowest BCUT2D eigenvalue weighted by Crippen LogP contribution is -2.39. The summed E-state index contributed by atoms with van der Waals surface area (Å²) in [5, 5.41) is 25.6. The molecule has 0 fully saturated rings. The molecule has 2 aromatic rings. The third-order valence-electron chi connectivity index (χ3n) is 3.73. The molecule has 25 heavy (non-hydrogen) atoms. The number of anilines is 1. The standard InChI is InChI=1S/C18H18N4O3/c1-12(15-6-4-8-17(10-15)22(24)25)20-13(2)18(23)21-16-7-3-5-14(9-16)11-19/h3-10,12-13,20H,1-2H3,(H,21,23). The van der Waals surface area contributed by atoms with Crippen molar-refractivity contribution in [3.05, 3.63) is 69.8 Å². The Bertz CT molecular complexity index is 829. The SMILES string of the molecule is CC(NC(C)c1cccc([N+](=O)[O-])c1)C(=O)Nc1cccc(C#N)c1. The van der Waals surface area contributed by atoms with Crippen LogP contribution >= 0.6 is 0 Å². The average molecular weight is 338 g/mol. The molecule has 1 amide bonds. The quantitative estimate of drug-likeness (QED) is 0.621. The number of benzene rings is 2. The van der Waals surface area contributed by atoms with E-state index in [2.05, 4.69) is 10.6 Å². The summed E-state index contributed by atoms with van der Waals surface area (Å²) in [5.41, 5.74) is 1.74. The zero-order valence-corrected chi connectivity index (χ0v) is 13.9. The summed E-state index contributed by atoms with van der Waals surface area (Å²) < 4.78 is 0. The van der Waals surface area contributed by atoms with Crippen LogP contribution in [0.3, 0.4) is 0 Å². The van der Waals surface area contributed by atoms with Crippen LogP contribution in [0.2, 0.25) is 0 Å². The van der Waals surface area contributed by atoms with Gasteiger partial charge in [0.15, 0.2) is 0 Å². The topological polar surface area (TPSA) is 108 Å². The average Bonchev–Trinajstić information content (AvgIpc) is 2.61. The molecular formula is C18H18N4O3. The van der Waals surface area contributed by atoms with E-state index in [4.69, 9.17) is 5.26 Å². The smallest absolute Gasteiger partial charge is 0.269 e. The monoisotopic (exact) mass is 338 g/mol. The van der Waals surface area contributed by atoms with Crippen molar-refractivity contribution in [1.82, 2.24) is 5.32 Å². The molecule has 7 nitrogen and oxygen atoms in total. The number of nitrogens with one attached hydrogen (secondary N) is 2. The van der Waals surface area contributed by atoms with Crippen molar-refractivity contribution in [2.75, 3.05) is 5.32 Å². The van der Waals surface area contributed by atoms with Gasteiger partial charge in [0.1, 0.15) is 0 Å². The number of rotatable bonds is 6. The van der Waals surface area contributed by atoms with Crippen LogP contribution in [0.4, 0.5) is 11.4 Å². The fraction of sp³-hybridized carbons (Fsp3) is 0.222. The van der Waals surface area contributed by atoms with Crippen LogP contribution in [0.25, 0.3) is 0 Å². The Morgan fingerprint density at radius 2 is 1.92 bits per heavy atom. The van der Waals surface area contributed by atoms with Gasteiger partial charge in [-0.15, -0.1) is 0 Å². The maximum atomic E-state index is 12.3. The highest BCUT2D eigenvalue weighted by Gasteiger charge is 2.18. The number of nitro benzene ring substituents is 1. The Balaban J connectivity index is 2.01. The van der Waals surface area contributed by atoms with Gasteiger partial charge in [-0.25, -0.2) is 0 Å². The van der Waals surface area contributed by atoms with Gasteiger partial charge in [-0.3, -0.25) is 20.2 Å². The van der Waals surface area contributed by atoms with Crippen molar-refractivity contribution in [2.24, 2.45) is 0 Å². The molecule has 128 valence electrons. The van der Waals surface area contributed by atoms with Crippen LogP contribution in [0.15, 0.2) is 48.5 Å². The number of carbonyl (C=O) groups is 1. The number of nitro groups is 1. The van der Waals surface area contributed by atoms with Crippen LogP contribution in [0, 0.1) is 21.4 Å². The van der Waals surface area contributed by atoms with Crippen LogP contribution < -0.4 is 10.6 Å². The minimum absolute atomic E-state index is 0.0107. The molecule has 0 aliphatic heterocycles. The summed E-state index contributed by atoms with van der Waals surface area (Å²) in [5.74, 6) is -0.257. The fourth-order valence-electron chi connectivity index (χ4n) is 2.37. The van der Waals surface area contributed by atoms with E-state index in [9.17, 15) is 14.9 Å². The minimum Gasteiger partial charge on any atom is -0.325 e. The third-order valence-corrected chi connectivity index (χ3v) is 3.73. The Kier molecular flexibility index (Phi) is 5.82. The molecule has 2 N–H and O–H groups in total. The molecule has 0 aliphatic rings. The van der Waals surface area contributed by atoms with E-state index in [1.54, 1.807) is 43.3 Å². The first-order chi connectivity index (χ1) is 11.9. The molecule has 2 aromatic carbocycles. The van der Waals surface area contributed by atoms with Gasteiger partial charge in [-0.1, -0.05) is 18.2 Å². The normalized spacial score (nSPS) is 12.7. The molecule has 0 bridgehead atoms. The number of carbonyl (C=O) groups excluding carboxylic acids is 1. The van der Waals surface area contributed by atoms with E-state index in [0.717, 1.165) is 5.56 Å². The minimum atomic E-state index is -0.528. The van der Waals surface area contributed by atoms with E-state index in [0.29, 0.717) is 11.3 Å². The van der Waals surface area contributed by atoms with Crippen molar-refractivity contribution in [3.8, 4) is 6.07 Å². The molecule has 0 aliphatic carbocycles. The highest BCUT2D eigenvalue weighted by molar-refractivity contribution is 5.94. The van der Waals surface area contributed by atoms with Crippen molar-refractivity contribution >= 4 is 17.3 Å². The number of nitriles is 1. The Hall–Kier alpha value is -3.24. The second kappa shape index (κ2) is 8.04. The zero-order valence-electron chi connectivity index (χ0n) is 13.9. The van der Waals surface area contributed by atoms with Crippen LogP contribution in [-0.4, -0.2) is 16.9 Å². The first-order valence-corrected chi connectivity index (χ1v) is 7.72. The summed E-state index contributed by atoms with van der Waals surface area (Å²) in [6.45, 7) is 3.54. The van der Waals surface area contributed by atoms with Crippen molar-refractivity contribution < 1.29 is 9.72 Å². The first kappa shape index (κ1) is 18.1. The van der Waals surface area contributed by atoms with Gasteiger partial charge in [0, 0.05) is 23.9 Å². The summed E-state index contributed by atoms with van der Waals surface area (Å²) in [6, 6.07) is 14.2. The van der Waals surface area contributed by atoms with E-state index < -0.39 is 11.0 Å². The van der Waals surface area contributed by atoms with Crippen LogP contribution in [-0.2, 0) is 4.79 Å². The Morgan fingerprint density at radius 1 is 1.20 bits per heavy atom. The van der Waals surface area contributed by atoms with Gasteiger partial charge >= 0.3 is 0 Å². The largest absolute Gasteiger partial charge is 0.325 e. The molecule has 0 saturated heterocycles. The van der Waals surface area contributed by atoms with Crippen molar-refractivity contribution in [1.29, 1.82) is 5.26 Å². The number of hydrogen-bond donors (Lipinski definition) is 2. The summed E-state index contributed by atoms with van der Waals surface area (Å²) in [7, 11) is 0. The maximum absolute atomic E-state index is 12.3. The fourth-order valence-corrected chi connectivity index (χ4v) is 2.37. The van der Waals surface area contributed by atoms with Crippen molar-refractivity contribution in [3.63, 3.8) is 0 Å². The van der Waals surface area contributed by atoms with E-state index in [1.807, 2.05) is 13.0 Å². The van der Waals surface area contributed by atoms with E-state index >= 15 is 0 Å². The van der Waals surface area contributed by atoms with Gasteiger partial charge in [0.05, 0.1) is 22.6 Å². The molecule has 0 aromatic heterocycles. The van der Waals surface area contributed by atoms with Gasteiger partial charge < -0.3 is 5.32 Å². The lowest BCUT2D eigenvalue weighted by Gasteiger charge is -2.20. The van der Waals surface area contributed by atoms with Gasteiger partial charge in [-0.05, 0) is 37.6 Å². The molecule has 0 saturated carbocycles. The molecule has 0 radical (unpaired) electrons. The summed E-state index contributed by atoms with van der Waals surface area (Å²) >= 11 is 0. The van der Waals surface area contributed by atoms with Crippen molar-refractivity contribution in [2.45, 2.75) is 25.9 Å². The molecule has 0 spiro atoms. The van der Waals surface area contributed by atoms with Crippen LogP contribution in [0.5, 0.6) is 0 Å². The summed E-state index contributed by atoms with van der Waals surface area (Å²) in [4.78, 5) is 22.7. The van der Waals surface area contributed by atoms with E-state index in [1.165, 1.54) is 12.1 Å². The lowest BCUT2D eigenvalue weighted by atomic mass is 10.1. The molecule has 0 heterocycles. The molecule has 2 atom stereocenters. The molecule has 2 rings (SSSR count). The van der Waals surface area contributed by atoms with E-state index in [-0.39, 0.29) is 17.6 Å². The molecular weight excluding hydrogens is 320 g/mol. The maximum Gasteiger partial charge on any atom is 0.269 e. The number of non-ortho nitro benzene ring substituents is 1. The second-order valence-corrected chi connectivity index (χ2v) is 5.64. The summed E-state index contributed by atoms with van der Waals surface area (Å²) in [6.07, 6.45) is 0. The molecule has 2 unspecified atom stereocenters. The number of hydrogen-bond acceptors (Lipinski definition) is 5. The predicted molar refractivity (Wildman–Crippen MR) is 93.9 cm³/mol. The van der Waals surface area contributed by atoms with Crippen LogP contribution in [0.1, 0.15) is 31.0 Å². The second-order valence-electron chi connectivity index (χ2n) is 5.64. The highest BCUT2D eigenvalue weighted by atomic mass is 16.6. The third kappa shape index (κ3) is 4.86. The van der Waals surface area contributed by atoms with Gasteiger partial charge in [0.25, 0.3) is 5.69 Å². The Labute approximate surface area is 145 Å². The van der Waals surface area contributed by atoms with Gasteiger partial charge in [0.2, 0.25) is 5.91 Å². The highest BCUT2D eigenvalue weighted by Crippen LogP contribution is 2.19. The first-order valence-electron chi connectivity index (χ1n) is 7.72. The lowest BCUT2D eigenvalue weighted by molar-refractivity contribution is -0.384. The predicted octanol–water partition coefficient (Wildman–Crippen LogP) is 3.14. The van der Waals surface area contributed by atoms with Gasteiger partial charge in [-0.2, -0.15) is 5.26 Å². The zero-order chi connectivity index (χ0) is 18.4. The number of amides is 1. The molecule has 7 heteroatoms.